The summed E-state index contributed by atoms with van der Waals surface area (Å²) in [5, 5.41) is 0. The van der Waals surface area contributed by atoms with Crippen molar-refractivity contribution >= 4 is 5.97 Å². The molecule has 3 nitrogen and oxygen atoms in total. The monoisotopic (exact) mass is 261 g/mol. The predicted octanol–water partition coefficient (Wildman–Crippen LogP) is 2.93. The standard InChI is InChI=1S/C16H23NO2/c1-6-13(12-9-7-8-11(2)10-12)14(17)15(18)19-16(3,4)5/h6-10,13-14H,1,17H2,2-5H3/t13-,14-/m0/s1. The third-order valence-electron chi connectivity index (χ3n) is 2.75. The Hall–Kier alpha value is -1.61. The SMILES string of the molecule is C=C[C@@H](c1cccc(C)c1)[C@H](N)C(=O)OC(C)(C)C. The first-order valence-electron chi connectivity index (χ1n) is 6.42. The summed E-state index contributed by atoms with van der Waals surface area (Å²) in [5.41, 5.74) is 7.59. The van der Waals surface area contributed by atoms with E-state index in [2.05, 4.69) is 6.58 Å². The molecule has 0 radical (unpaired) electrons. The third kappa shape index (κ3) is 4.52. The zero-order chi connectivity index (χ0) is 14.6. The van der Waals surface area contributed by atoms with Crippen LogP contribution in [0.2, 0.25) is 0 Å². The fourth-order valence-electron chi connectivity index (χ4n) is 1.88. The lowest BCUT2D eigenvalue weighted by atomic mass is 9.91. The van der Waals surface area contributed by atoms with Gasteiger partial charge in [-0.15, -0.1) is 6.58 Å². The molecule has 1 aromatic carbocycles. The van der Waals surface area contributed by atoms with Crippen LogP contribution in [-0.4, -0.2) is 17.6 Å². The van der Waals surface area contributed by atoms with Crippen LogP contribution in [0.5, 0.6) is 0 Å². The smallest absolute Gasteiger partial charge is 0.324 e. The Bertz CT molecular complexity index is 460. The molecule has 2 atom stereocenters. The molecule has 1 rings (SSSR count). The van der Waals surface area contributed by atoms with Gasteiger partial charge in [0.15, 0.2) is 0 Å². The summed E-state index contributed by atoms with van der Waals surface area (Å²) in [7, 11) is 0. The lowest BCUT2D eigenvalue weighted by molar-refractivity contribution is -0.156. The highest BCUT2D eigenvalue weighted by Gasteiger charge is 2.28. The fraction of sp³-hybridized carbons (Fsp3) is 0.438. The summed E-state index contributed by atoms with van der Waals surface area (Å²) in [6, 6.07) is 7.17. The normalized spacial score (nSPS) is 14.6. The van der Waals surface area contributed by atoms with Crippen LogP contribution in [0.1, 0.15) is 37.8 Å². The zero-order valence-electron chi connectivity index (χ0n) is 12.1. The zero-order valence-corrected chi connectivity index (χ0v) is 12.1. The minimum absolute atomic E-state index is 0.241. The van der Waals surface area contributed by atoms with Gasteiger partial charge in [0.25, 0.3) is 0 Å². The molecule has 0 bridgehead atoms. The first-order valence-corrected chi connectivity index (χ1v) is 6.42. The van der Waals surface area contributed by atoms with Crippen LogP contribution in [0.15, 0.2) is 36.9 Å². The number of rotatable bonds is 4. The van der Waals surface area contributed by atoms with Crippen molar-refractivity contribution in [3.63, 3.8) is 0 Å². The summed E-state index contributed by atoms with van der Waals surface area (Å²) >= 11 is 0. The molecule has 0 unspecified atom stereocenters. The van der Waals surface area contributed by atoms with Gasteiger partial charge in [0.1, 0.15) is 11.6 Å². The molecular weight excluding hydrogens is 238 g/mol. The molecule has 0 amide bonds. The number of aryl methyl sites for hydroxylation is 1. The molecule has 104 valence electrons. The van der Waals surface area contributed by atoms with E-state index < -0.39 is 17.6 Å². The van der Waals surface area contributed by atoms with Crippen molar-refractivity contribution in [2.75, 3.05) is 0 Å². The molecule has 0 aliphatic heterocycles. The number of carbonyl (C=O) groups is 1. The number of carbonyl (C=O) groups excluding carboxylic acids is 1. The Labute approximate surface area is 115 Å². The number of ether oxygens (including phenoxy) is 1. The van der Waals surface area contributed by atoms with Gasteiger partial charge in [-0.3, -0.25) is 4.79 Å². The second-order valence-electron chi connectivity index (χ2n) is 5.73. The van der Waals surface area contributed by atoms with Gasteiger partial charge < -0.3 is 10.5 Å². The average Bonchev–Trinajstić information content (AvgIpc) is 2.27. The highest BCUT2D eigenvalue weighted by molar-refractivity contribution is 5.77. The van der Waals surface area contributed by atoms with Crippen molar-refractivity contribution in [3.05, 3.63) is 48.0 Å². The van der Waals surface area contributed by atoms with Gasteiger partial charge in [-0.1, -0.05) is 35.9 Å². The van der Waals surface area contributed by atoms with E-state index in [9.17, 15) is 4.79 Å². The van der Waals surface area contributed by atoms with Crippen LogP contribution in [0.4, 0.5) is 0 Å². The van der Waals surface area contributed by atoms with Crippen molar-refractivity contribution < 1.29 is 9.53 Å². The van der Waals surface area contributed by atoms with Gasteiger partial charge in [0.05, 0.1) is 0 Å². The van der Waals surface area contributed by atoms with Crippen LogP contribution < -0.4 is 5.73 Å². The largest absolute Gasteiger partial charge is 0.459 e. The van der Waals surface area contributed by atoms with Crippen LogP contribution in [-0.2, 0) is 9.53 Å². The molecule has 0 fully saturated rings. The topological polar surface area (TPSA) is 52.3 Å². The molecule has 3 heteroatoms. The number of benzene rings is 1. The molecular formula is C16H23NO2. The van der Waals surface area contributed by atoms with E-state index in [0.717, 1.165) is 11.1 Å². The summed E-state index contributed by atoms with van der Waals surface area (Å²) in [5.74, 6) is -0.645. The summed E-state index contributed by atoms with van der Waals surface area (Å²) in [4.78, 5) is 12.0. The van der Waals surface area contributed by atoms with Gasteiger partial charge >= 0.3 is 5.97 Å². The molecule has 0 aliphatic carbocycles. The Balaban J connectivity index is 2.91. The lowest BCUT2D eigenvalue weighted by Gasteiger charge is -2.25. The van der Waals surface area contributed by atoms with Crippen LogP contribution in [0.25, 0.3) is 0 Å². The Morgan fingerprint density at radius 1 is 1.42 bits per heavy atom. The maximum Gasteiger partial charge on any atom is 0.324 e. The van der Waals surface area contributed by atoms with E-state index in [4.69, 9.17) is 10.5 Å². The molecule has 0 heterocycles. The maximum absolute atomic E-state index is 12.0. The average molecular weight is 261 g/mol. The van der Waals surface area contributed by atoms with Crippen LogP contribution in [0.3, 0.4) is 0 Å². The number of hydrogen-bond acceptors (Lipinski definition) is 3. The van der Waals surface area contributed by atoms with Crippen molar-refractivity contribution in [1.82, 2.24) is 0 Å². The predicted molar refractivity (Wildman–Crippen MR) is 77.9 cm³/mol. The molecule has 0 aliphatic rings. The van der Waals surface area contributed by atoms with Crippen LogP contribution >= 0.6 is 0 Å². The minimum atomic E-state index is -0.737. The molecule has 2 N–H and O–H groups in total. The third-order valence-corrected chi connectivity index (χ3v) is 2.75. The van der Waals surface area contributed by atoms with E-state index in [1.165, 1.54) is 0 Å². The minimum Gasteiger partial charge on any atom is -0.459 e. The number of nitrogens with two attached hydrogens (primary N) is 1. The van der Waals surface area contributed by atoms with Gasteiger partial charge in [-0.05, 0) is 33.3 Å². The van der Waals surface area contributed by atoms with E-state index in [1.54, 1.807) is 6.08 Å². The highest BCUT2D eigenvalue weighted by atomic mass is 16.6. The van der Waals surface area contributed by atoms with Crippen molar-refractivity contribution in [3.8, 4) is 0 Å². The second-order valence-corrected chi connectivity index (χ2v) is 5.73. The van der Waals surface area contributed by atoms with Gasteiger partial charge in [0.2, 0.25) is 0 Å². The summed E-state index contributed by atoms with van der Waals surface area (Å²) in [6.07, 6.45) is 1.70. The van der Waals surface area contributed by atoms with Gasteiger partial charge in [-0.2, -0.15) is 0 Å². The fourth-order valence-corrected chi connectivity index (χ4v) is 1.88. The highest BCUT2D eigenvalue weighted by Crippen LogP contribution is 2.23. The Morgan fingerprint density at radius 2 is 2.05 bits per heavy atom. The van der Waals surface area contributed by atoms with Crippen molar-refractivity contribution in [1.29, 1.82) is 0 Å². The summed E-state index contributed by atoms with van der Waals surface area (Å²) < 4.78 is 5.32. The Morgan fingerprint density at radius 3 is 2.53 bits per heavy atom. The second kappa shape index (κ2) is 6.02. The first-order chi connectivity index (χ1) is 8.74. The summed E-state index contributed by atoms with van der Waals surface area (Å²) in [6.45, 7) is 11.3. The molecule has 19 heavy (non-hydrogen) atoms. The van der Waals surface area contributed by atoms with Crippen LogP contribution in [0, 0.1) is 6.92 Å². The molecule has 0 aromatic heterocycles. The van der Waals surface area contributed by atoms with E-state index in [-0.39, 0.29) is 5.92 Å². The molecule has 1 aromatic rings. The molecule has 0 spiro atoms. The molecule has 0 saturated carbocycles. The first kappa shape index (κ1) is 15.4. The van der Waals surface area contributed by atoms with Crippen molar-refractivity contribution in [2.45, 2.75) is 45.3 Å². The number of esters is 1. The van der Waals surface area contributed by atoms with E-state index in [1.807, 2.05) is 52.0 Å². The van der Waals surface area contributed by atoms with Gasteiger partial charge in [-0.25, -0.2) is 0 Å². The van der Waals surface area contributed by atoms with Crippen molar-refractivity contribution in [2.24, 2.45) is 5.73 Å². The number of hydrogen-bond donors (Lipinski definition) is 1. The van der Waals surface area contributed by atoms with E-state index >= 15 is 0 Å². The van der Waals surface area contributed by atoms with Gasteiger partial charge in [0, 0.05) is 5.92 Å². The maximum atomic E-state index is 12.0. The Kier molecular flexibility index (Phi) is 4.90. The van der Waals surface area contributed by atoms with E-state index in [0.29, 0.717) is 0 Å². The lowest BCUT2D eigenvalue weighted by Crippen LogP contribution is -2.41. The quantitative estimate of drug-likeness (QED) is 0.669. The molecule has 0 saturated heterocycles.